The number of methoxy groups -OCH3 is 1. The van der Waals surface area contributed by atoms with E-state index in [1.54, 1.807) is 36.3 Å². The fraction of sp³-hybridized carbons (Fsp3) is 0.333. The molecule has 1 aliphatic rings. The van der Waals surface area contributed by atoms with E-state index in [2.05, 4.69) is 10.6 Å². The van der Waals surface area contributed by atoms with E-state index in [0.717, 1.165) is 17.7 Å². The van der Waals surface area contributed by atoms with Gasteiger partial charge in [0.25, 0.3) is 0 Å². The van der Waals surface area contributed by atoms with Gasteiger partial charge < -0.3 is 20.3 Å². The molecule has 0 aliphatic carbocycles. The molecule has 0 saturated carbocycles. The van der Waals surface area contributed by atoms with Gasteiger partial charge in [-0.05, 0) is 49.6 Å². The maximum atomic E-state index is 12.6. The molecule has 2 aromatic carbocycles. The Morgan fingerprint density at radius 3 is 2.48 bits per heavy atom. The van der Waals surface area contributed by atoms with Crippen LogP contribution in [0.3, 0.4) is 0 Å². The molecule has 3 amide bonds. The van der Waals surface area contributed by atoms with E-state index in [9.17, 15) is 9.59 Å². The SMILES string of the molecule is COc1ccc(NC(=O)N2CCCC2C(=O)NCc2ccc(C)cc2)cc1. The number of hydrogen-bond donors (Lipinski definition) is 2. The summed E-state index contributed by atoms with van der Waals surface area (Å²) in [5.41, 5.74) is 2.90. The minimum Gasteiger partial charge on any atom is -0.497 e. The van der Waals surface area contributed by atoms with Crippen LogP contribution in [0.4, 0.5) is 10.5 Å². The third kappa shape index (κ3) is 4.78. The number of ether oxygens (including phenoxy) is 1. The van der Waals surface area contributed by atoms with Crippen LogP contribution < -0.4 is 15.4 Å². The molecule has 1 atom stereocenters. The summed E-state index contributed by atoms with van der Waals surface area (Å²) in [4.78, 5) is 26.8. The lowest BCUT2D eigenvalue weighted by atomic mass is 10.1. The molecular formula is C21H25N3O3. The van der Waals surface area contributed by atoms with Gasteiger partial charge in [0.05, 0.1) is 7.11 Å². The van der Waals surface area contributed by atoms with Crippen LogP contribution in [-0.4, -0.2) is 36.5 Å². The van der Waals surface area contributed by atoms with E-state index in [1.807, 2.05) is 31.2 Å². The summed E-state index contributed by atoms with van der Waals surface area (Å²) in [6.07, 6.45) is 1.49. The average molecular weight is 367 g/mol. The van der Waals surface area contributed by atoms with Gasteiger partial charge in [-0.3, -0.25) is 4.79 Å². The van der Waals surface area contributed by atoms with Crippen molar-refractivity contribution in [3.05, 3.63) is 59.7 Å². The zero-order valence-corrected chi connectivity index (χ0v) is 15.7. The zero-order chi connectivity index (χ0) is 19.2. The molecule has 1 fully saturated rings. The molecule has 1 aliphatic heterocycles. The number of nitrogens with one attached hydrogen (secondary N) is 2. The van der Waals surface area contributed by atoms with E-state index in [1.165, 1.54) is 5.56 Å². The fourth-order valence-corrected chi connectivity index (χ4v) is 3.16. The molecule has 1 saturated heterocycles. The summed E-state index contributed by atoms with van der Waals surface area (Å²) in [6.45, 7) is 3.06. The summed E-state index contributed by atoms with van der Waals surface area (Å²) in [5, 5.41) is 5.80. The van der Waals surface area contributed by atoms with Crippen LogP contribution in [0.1, 0.15) is 24.0 Å². The molecule has 2 aromatic rings. The van der Waals surface area contributed by atoms with Gasteiger partial charge in [-0.1, -0.05) is 29.8 Å². The Hall–Kier alpha value is -3.02. The van der Waals surface area contributed by atoms with Crippen LogP contribution in [0.25, 0.3) is 0 Å². The summed E-state index contributed by atoms with van der Waals surface area (Å²) >= 11 is 0. The molecule has 6 nitrogen and oxygen atoms in total. The van der Waals surface area contributed by atoms with Crippen molar-refractivity contribution < 1.29 is 14.3 Å². The standard InChI is InChI=1S/C21H25N3O3/c1-15-5-7-16(8-6-15)14-22-20(25)19-4-3-13-24(19)21(26)23-17-9-11-18(27-2)12-10-17/h5-12,19H,3-4,13-14H2,1-2H3,(H,22,25)(H,23,26). The van der Waals surface area contributed by atoms with Crippen molar-refractivity contribution in [2.45, 2.75) is 32.4 Å². The van der Waals surface area contributed by atoms with Crippen LogP contribution in [0.2, 0.25) is 0 Å². The minimum atomic E-state index is -0.436. The third-order valence-electron chi connectivity index (χ3n) is 4.74. The summed E-state index contributed by atoms with van der Waals surface area (Å²) < 4.78 is 5.12. The lowest BCUT2D eigenvalue weighted by Gasteiger charge is -2.24. The summed E-state index contributed by atoms with van der Waals surface area (Å²) in [7, 11) is 1.59. The van der Waals surface area contributed by atoms with Crippen molar-refractivity contribution in [1.29, 1.82) is 0 Å². The lowest BCUT2D eigenvalue weighted by molar-refractivity contribution is -0.124. The molecule has 6 heteroatoms. The minimum absolute atomic E-state index is 0.113. The van der Waals surface area contributed by atoms with E-state index in [4.69, 9.17) is 4.74 Å². The van der Waals surface area contributed by atoms with Gasteiger partial charge in [-0.25, -0.2) is 4.79 Å². The summed E-state index contributed by atoms with van der Waals surface area (Å²) in [5.74, 6) is 0.612. The molecule has 0 spiro atoms. The van der Waals surface area contributed by atoms with Crippen molar-refractivity contribution in [3.8, 4) is 5.75 Å². The zero-order valence-electron chi connectivity index (χ0n) is 15.7. The number of rotatable bonds is 5. The number of aryl methyl sites for hydroxylation is 1. The van der Waals surface area contributed by atoms with Gasteiger partial charge in [0.15, 0.2) is 0 Å². The van der Waals surface area contributed by atoms with Crippen LogP contribution >= 0.6 is 0 Å². The maximum absolute atomic E-state index is 12.6. The highest BCUT2D eigenvalue weighted by Gasteiger charge is 2.34. The monoisotopic (exact) mass is 367 g/mol. The molecule has 2 N–H and O–H groups in total. The van der Waals surface area contributed by atoms with E-state index < -0.39 is 6.04 Å². The van der Waals surface area contributed by atoms with Crippen LogP contribution in [0.15, 0.2) is 48.5 Å². The van der Waals surface area contributed by atoms with E-state index >= 15 is 0 Å². The Balaban J connectivity index is 1.57. The van der Waals surface area contributed by atoms with Crippen LogP contribution in [0.5, 0.6) is 5.75 Å². The number of hydrogen-bond acceptors (Lipinski definition) is 3. The van der Waals surface area contributed by atoms with Crippen molar-refractivity contribution in [1.82, 2.24) is 10.2 Å². The number of urea groups is 1. The Bertz CT molecular complexity index is 787. The Labute approximate surface area is 159 Å². The van der Waals surface area contributed by atoms with Gasteiger partial charge in [-0.2, -0.15) is 0 Å². The first-order valence-corrected chi connectivity index (χ1v) is 9.12. The largest absolute Gasteiger partial charge is 0.497 e. The molecule has 27 heavy (non-hydrogen) atoms. The molecule has 1 heterocycles. The number of carbonyl (C=O) groups is 2. The topological polar surface area (TPSA) is 70.7 Å². The van der Waals surface area contributed by atoms with Crippen molar-refractivity contribution in [2.24, 2.45) is 0 Å². The molecule has 3 rings (SSSR count). The Kier molecular flexibility index (Phi) is 5.96. The van der Waals surface area contributed by atoms with Gasteiger partial charge in [-0.15, -0.1) is 0 Å². The third-order valence-corrected chi connectivity index (χ3v) is 4.74. The second-order valence-corrected chi connectivity index (χ2v) is 6.71. The highest BCUT2D eigenvalue weighted by atomic mass is 16.5. The first kappa shape index (κ1) is 18.8. The van der Waals surface area contributed by atoms with Crippen molar-refractivity contribution in [3.63, 3.8) is 0 Å². The van der Waals surface area contributed by atoms with Crippen molar-refractivity contribution in [2.75, 3.05) is 19.0 Å². The van der Waals surface area contributed by atoms with Gasteiger partial charge in [0, 0.05) is 18.8 Å². The van der Waals surface area contributed by atoms with Gasteiger partial charge >= 0.3 is 6.03 Å². The van der Waals surface area contributed by atoms with Crippen LogP contribution in [-0.2, 0) is 11.3 Å². The van der Waals surface area contributed by atoms with E-state index in [0.29, 0.717) is 25.2 Å². The quantitative estimate of drug-likeness (QED) is 0.852. The van der Waals surface area contributed by atoms with Gasteiger partial charge in [0.2, 0.25) is 5.91 Å². The first-order chi connectivity index (χ1) is 13.1. The number of benzene rings is 2. The molecular weight excluding hydrogens is 342 g/mol. The maximum Gasteiger partial charge on any atom is 0.322 e. The number of amides is 3. The number of likely N-dealkylation sites (tertiary alicyclic amines) is 1. The second-order valence-electron chi connectivity index (χ2n) is 6.71. The van der Waals surface area contributed by atoms with E-state index in [-0.39, 0.29) is 11.9 Å². The van der Waals surface area contributed by atoms with Crippen LogP contribution in [0, 0.1) is 6.92 Å². The first-order valence-electron chi connectivity index (χ1n) is 9.12. The normalized spacial score (nSPS) is 16.1. The predicted molar refractivity (Wildman–Crippen MR) is 105 cm³/mol. The fourth-order valence-electron chi connectivity index (χ4n) is 3.16. The highest BCUT2D eigenvalue weighted by molar-refractivity contribution is 5.94. The average Bonchev–Trinajstić information content (AvgIpc) is 3.18. The molecule has 0 aromatic heterocycles. The van der Waals surface area contributed by atoms with Gasteiger partial charge in [0.1, 0.15) is 11.8 Å². The number of anilines is 1. The lowest BCUT2D eigenvalue weighted by Crippen LogP contribution is -2.47. The van der Waals surface area contributed by atoms with Crippen molar-refractivity contribution >= 4 is 17.6 Å². The Morgan fingerprint density at radius 2 is 1.81 bits per heavy atom. The smallest absolute Gasteiger partial charge is 0.322 e. The predicted octanol–water partition coefficient (Wildman–Crippen LogP) is 3.32. The molecule has 142 valence electrons. The number of carbonyl (C=O) groups excluding carboxylic acids is 2. The molecule has 0 radical (unpaired) electrons. The number of nitrogens with zero attached hydrogens (tertiary/aromatic N) is 1. The molecule has 1 unspecified atom stereocenters. The molecule has 0 bridgehead atoms. The summed E-state index contributed by atoms with van der Waals surface area (Å²) in [6, 6.07) is 14.5. The Morgan fingerprint density at radius 1 is 1.11 bits per heavy atom. The highest BCUT2D eigenvalue weighted by Crippen LogP contribution is 2.20. The second kappa shape index (κ2) is 8.58.